The molecule has 2 heterocycles. The Hall–Kier alpha value is -0.910. The lowest BCUT2D eigenvalue weighted by Gasteiger charge is -2.22. The van der Waals surface area contributed by atoms with Crippen molar-refractivity contribution in [2.45, 2.75) is 38.5 Å². The largest absolute Gasteiger partial charge is 0.390 e. The van der Waals surface area contributed by atoms with Gasteiger partial charge in [0.1, 0.15) is 0 Å². The summed E-state index contributed by atoms with van der Waals surface area (Å²) >= 11 is 0. The zero-order chi connectivity index (χ0) is 12.8. The zero-order valence-electron chi connectivity index (χ0n) is 11.1. The molecule has 2 unspecified atom stereocenters. The first-order valence-electron chi connectivity index (χ1n) is 6.85. The summed E-state index contributed by atoms with van der Waals surface area (Å²) in [6, 6.07) is 2.30. The number of hydrogen-bond donors (Lipinski definition) is 2. The summed E-state index contributed by atoms with van der Waals surface area (Å²) in [7, 11) is 0. The molecule has 1 aromatic rings. The number of rotatable bonds is 7. The Morgan fingerprint density at radius 1 is 1.33 bits per heavy atom. The monoisotopic (exact) mass is 252 g/mol. The van der Waals surface area contributed by atoms with E-state index in [0.29, 0.717) is 19.1 Å². The van der Waals surface area contributed by atoms with Crippen molar-refractivity contribution in [2.75, 3.05) is 26.2 Å². The summed E-state index contributed by atoms with van der Waals surface area (Å²) in [5.74, 6) is 0. The van der Waals surface area contributed by atoms with E-state index >= 15 is 0 Å². The first-order valence-corrected chi connectivity index (χ1v) is 6.85. The Bertz CT molecular complexity index is 322. The SMILES string of the molecule is CC(CN1CCCC1)NCC(O)Cn1cccn1. The summed E-state index contributed by atoms with van der Waals surface area (Å²) in [6.07, 6.45) is 5.88. The molecule has 18 heavy (non-hydrogen) atoms. The lowest BCUT2D eigenvalue weighted by Crippen LogP contribution is -2.42. The fourth-order valence-corrected chi connectivity index (χ4v) is 2.44. The molecule has 0 aliphatic carbocycles. The van der Waals surface area contributed by atoms with E-state index in [9.17, 15) is 5.11 Å². The summed E-state index contributed by atoms with van der Waals surface area (Å²) in [4.78, 5) is 2.48. The smallest absolute Gasteiger partial charge is 0.0860 e. The van der Waals surface area contributed by atoms with Crippen LogP contribution in [0.3, 0.4) is 0 Å². The van der Waals surface area contributed by atoms with Gasteiger partial charge >= 0.3 is 0 Å². The first kappa shape index (κ1) is 13.5. The molecule has 0 amide bonds. The standard InChI is InChI=1S/C13H24N4O/c1-12(10-16-6-2-3-7-16)14-9-13(18)11-17-8-4-5-15-17/h4-5,8,12-14,18H,2-3,6-7,9-11H2,1H3. The highest BCUT2D eigenvalue weighted by atomic mass is 16.3. The second-order valence-electron chi connectivity index (χ2n) is 5.20. The molecule has 2 rings (SSSR count). The van der Waals surface area contributed by atoms with Crippen LogP contribution in [0.4, 0.5) is 0 Å². The highest BCUT2D eigenvalue weighted by Gasteiger charge is 2.15. The number of likely N-dealkylation sites (tertiary alicyclic amines) is 1. The Labute approximate surface area is 109 Å². The molecule has 102 valence electrons. The zero-order valence-corrected chi connectivity index (χ0v) is 11.1. The molecule has 1 saturated heterocycles. The van der Waals surface area contributed by atoms with Gasteiger partial charge in [-0.3, -0.25) is 4.68 Å². The van der Waals surface area contributed by atoms with Crippen LogP contribution in [-0.4, -0.2) is 58.1 Å². The number of nitrogens with one attached hydrogen (secondary N) is 1. The van der Waals surface area contributed by atoms with E-state index < -0.39 is 0 Å². The third-order valence-corrected chi connectivity index (χ3v) is 3.39. The molecule has 5 nitrogen and oxygen atoms in total. The second-order valence-corrected chi connectivity index (χ2v) is 5.20. The predicted octanol–water partition coefficient (Wildman–Crippen LogP) is 0.318. The normalized spacial score (nSPS) is 20.1. The minimum absolute atomic E-state index is 0.383. The minimum Gasteiger partial charge on any atom is -0.390 e. The molecule has 1 aromatic heterocycles. The highest BCUT2D eigenvalue weighted by Crippen LogP contribution is 2.07. The van der Waals surface area contributed by atoms with Gasteiger partial charge in [-0.25, -0.2) is 0 Å². The average Bonchev–Trinajstić information content (AvgIpc) is 2.99. The number of hydrogen-bond acceptors (Lipinski definition) is 4. The predicted molar refractivity (Wildman–Crippen MR) is 71.4 cm³/mol. The van der Waals surface area contributed by atoms with Gasteiger partial charge in [0.25, 0.3) is 0 Å². The number of nitrogens with zero attached hydrogens (tertiary/aromatic N) is 3. The van der Waals surface area contributed by atoms with E-state index in [1.165, 1.54) is 25.9 Å². The van der Waals surface area contributed by atoms with Crippen LogP contribution >= 0.6 is 0 Å². The van der Waals surface area contributed by atoms with Crippen LogP contribution < -0.4 is 5.32 Å². The maximum Gasteiger partial charge on any atom is 0.0860 e. The van der Waals surface area contributed by atoms with Crippen LogP contribution in [0.1, 0.15) is 19.8 Å². The van der Waals surface area contributed by atoms with Gasteiger partial charge in [-0.05, 0) is 38.9 Å². The fraction of sp³-hybridized carbons (Fsp3) is 0.769. The van der Waals surface area contributed by atoms with Crippen LogP contribution in [-0.2, 0) is 6.54 Å². The summed E-state index contributed by atoms with van der Waals surface area (Å²) in [5.41, 5.74) is 0. The quantitative estimate of drug-likeness (QED) is 0.734. The minimum atomic E-state index is -0.383. The molecule has 0 saturated carbocycles. The van der Waals surface area contributed by atoms with Crippen molar-refractivity contribution >= 4 is 0 Å². The van der Waals surface area contributed by atoms with E-state index in [0.717, 1.165) is 6.54 Å². The van der Waals surface area contributed by atoms with E-state index in [4.69, 9.17) is 0 Å². The van der Waals surface area contributed by atoms with Crippen molar-refractivity contribution in [3.63, 3.8) is 0 Å². The van der Waals surface area contributed by atoms with E-state index in [2.05, 4.69) is 22.2 Å². The molecule has 1 fully saturated rings. The molecular weight excluding hydrogens is 228 g/mol. The van der Waals surface area contributed by atoms with Gasteiger partial charge in [0.2, 0.25) is 0 Å². The molecule has 2 N–H and O–H groups in total. The maximum atomic E-state index is 9.89. The Kier molecular flexibility index (Phi) is 5.16. The van der Waals surface area contributed by atoms with Crippen molar-refractivity contribution < 1.29 is 5.11 Å². The molecule has 0 spiro atoms. The van der Waals surface area contributed by atoms with Crippen molar-refractivity contribution in [2.24, 2.45) is 0 Å². The second kappa shape index (κ2) is 6.87. The van der Waals surface area contributed by atoms with Crippen molar-refractivity contribution in [3.8, 4) is 0 Å². The molecule has 1 aliphatic rings. The van der Waals surface area contributed by atoms with Gasteiger partial charge in [0.05, 0.1) is 12.6 Å². The molecule has 0 radical (unpaired) electrons. The molecule has 5 heteroatoms. The Morgan fingerprint density at radius 3 is 2.78 bits per heavy atom. The third kappa shape index (κ3) is 4.40. The molecular formula is C13H24N4O. The van der Waals surface area contributed by atoms with Gasteiger partial charge in [0.15, 0.2) is 0 Å². The van der Waals surface area contributed by atoms with Crippen molar-refractivity contribution in [1.82, 2.24) is 20.0 Å². The van der Waals surface area contributed by atoms with E-state index in [1.54, 1.807) is 10.9 Å². The van der Waals surface area contributed by atoms with E-state index in [1.807, 2.05) is 12.3 Å². The van der Waals surface area contributed by atoms with Crippen LogP contribution in [0.2, 0.25) is 0 Å². The first-order chi connectivity index (χ1) is 8.74. The number of aliphatic hydroxyl groups is 1. The van der Waals surface area contributed by atoms with Crippen LogP contribution in [0.15, 0.2) is 18.5 Å². The highest BCUT2D eigenvalue weighted by molar-refractivity contribution is 4.79. The van der Waals surface area contributed by atoms with Gasteiger partial charge in [-0.15, -0.1) is 0 Å². The van der Waals surface area contributed by atoms with E-state index in [-0.39, 0.29) is 6.10 Å². The lowest BCUT2D eigenvalue weighted by molar-refractivity contribution is 0.140. The van der Waals surface area contributed by atoms with Gasteiger partial charge in [0, 0.05) is 31.5 Å². The molecule has 0 bridgehead atoms. The Balaban J connectivity index is 1.61. The number of aromatic nitrogens is 2. The van der Waals surface area contributed by atoms with Crippen LogP contribution in [0, 0.1) is 0 Å². The van der Waals surface area contributed by atoms with Gasteiger partial charge in [-0.1, -0.05) is 0 Å². The third-order valence-electron chi connectivity index (χ3n) is 3.39. The van der Waals surface area contributed by atoms with Gasteiger partial charge in [-0.2, -0.15) is 5.10 Å². The average molecular weight is 252 g/mol. The van der Waals surface area contributed by atoms with Crippen molar-refractivity contribution in [1.29, 1.82) is 0 Å². The van der Waals surface area contributed by atoms with Gasteiger partial charge < -0.3 is 15.3 Å². The topological polar surface area (TPSA) is 53.3 Å². The maximum absolute atomic E-state index is 9.89. The van der Waals surface area contributed by atoms with Crippen LogP contribution in [0.5, 0.6) is 0 Å². The Morgan fingerprint density at radius 2 is 2.11 bits per heavy atom. The summed E-state index contributed by atoms with van der Waals surface area (Å²) in [6.45, 7) is 6.88. The summed E-state index contributed by atoms with van der Waals surface area (Å²) < 4.78 is 1.76. The number of aliphatic hydroxyl groups excluding tert-OH is 1. The molecule has 1 aliphatic heterocycles. The van der Waals surface area contributed by atoms with Crippen LogP contribution in [0.25, 0.3) is 0 Å². The fourth-order valence-electron chi connectivity index (χ4n) is 2.44. The molecule has 0 aromatic carbocycles. The summed E-state index contributed by atoms with van der Waals surface area (Å²) in [5, 5.41) is 17.4. The lowest BCUT2D eigenvalue weighted by atomic mass is 10.2. The van der Waals surface area contributed by atoms with Crippen molar-refractivity contribution in [3.05, 3.63) is 18.5 Å². The molecule has 2 atom stereocenters.